The number of hydrogen-bond donors (Lipinski definition) is 2. The summed E-state index contributed by atoms with van der Waals surface area (Å²) in [4.78, 5) is 13.1. The molecule has 0 bridgehead atoms. The third-order valence-corrected chi connectivity index (χ3v) is 7.08. The molecule has 28 heavy (non-hydrogen) atoms. The van der Waals surface area contributed by atoms with Crippen molar-refractivity contribution in [2.24, 2.45) is 4.99 Å². The smallest absolute Gasteiger partial charge is 0.250 e. The average molecular weight is 536 g/mol. The van der Waals surface area contributed by atoms with Gasteiger partial charge in [0.25, 0.3) is 0 Å². The Morgan fingerprint density at radius 2 is 1.96 bits per heavy atom. The SMILES string of the molecule is CN=C(NCCNS(=O)(=O)c1cccs1)N1CCN(c2ccccn2)CC1.I. The van der Waals surface area contributed by atoms with Crippen LogP contribution in [0.3, 0.4) is 0 Å². The van der Waals surface area contributed by atoms with E-state index in [1.165, 1.54) is 11.3 Å². The van der Waals surface area contributed by atoms with Crippen LogP contribution in [-0.2, 0) is 10.0 Å². The first-order chi connectivity index (χ1) is 13.1. The molecule has 2 N–H and O–H groups in total. The van der Waals surface area contributed by atoms with Gasteiger partial charge in [-0.1, -0.05) is 12.1 Å². The molecular formula is C17H25IN6O2S2. The first-order valence-electron chi connectivity index (χ1n) is 8.75. The Bertz CT molecular complexity index is 838. The highest BCUT2D eigenvalue weighted by atomic mass is 127. The summed E-state index contributed by atoms with van der Waals surface area (Å²) in [6.45, 7) is 4.16. The minimum Gasteiger partial charge on any atom is -0.355 e. The molecule has 1 saturated heterocycles. The van der Waals surface area contributed by atoms with Crippen molar-refractivity contribution in [2.75, 3.05) is 51.2 Å². The van der Waals surface area contributed by atoms with E-state index >= 15 is 0 Å². The van der Waals surface area contributed by atoms with Gasteiger partial charge in [-0.05, 0) is 23.6 Å². The van der Waals surface area contributed by atoms with E-state index in [-0.39, 0.29) is 24.0 Å². The van der Waals surface area contributed by atoms with Crippen molar-refractivity contribution in [3.8, 4) is 0 Å². The number of thiophene rings is 1. The van der Waals surface area contributed by atoms with Crippen LogP contribution in [0.2, 0.25) is 0 Å². The van der Waals surface area contributed by atoms with Gasteiger partial charge in [0.2, 0.25) is 10.0 Å². The number of anilines is 1. The molecule has 11 heteroatoms. The number of pyridine rings is 1. The summed E-state index contributed by atoms with van der Waals surface area (Å²) >= 11 is 1.21. The highest BCUT2D eigenvalue weighted by Crippen LogP contribution is 2.15. The zero-order chi connectivity index (χ0) is 19.1. The van der Waals surface area contributed by atoms with E-state index in [9.17, 15) is 8.42 Å². The van der Waals surface area contributed by atoms with Crippen molar-refractivity contribution in [1.82, 2.24) is 19.9 Å². The molecule has 0 atom stereocenters. The number of sulfonamides is 1. The maximum atomic E-state index is 12.1. The van der Waals surface area contributed by atoms with E-state index in [0.29, 0.717) is 17.3 Å². The van der Waals surface area contributed by atoms with Gasteiger partial charge < -0.3 is 15.1 Å². The van der Waals surface area contributed by atoms with Crippen LogP contribution >= 0.6 is 35.3 Å². The summed E-state index contributed by atoms with van der Waals surface area (Å²) in [5.74, 6) is 1.77. The molecule has 3 rings (SSSR count). The lowest BCUT2D eigenvalue weighted by molar-refractivity contribution is 0.372. The molecule has 0 saturated carbocycles. The Morgan fingerprint density at radius 3 is 2.57 bits per heavy atom. The Labute approximate surface area is 187 Å². The molecule has 2 aromatic heterocycles. The van der Waals surface area contributed by atoms with E-state index in [1.54, 1.807) is 30.8 Å². The predicted molar refractivity (Wildman–Crippen MR) is 124 cm³/mol. The van der Waals surface area contributed by atoms with Gasteiger partial charge in [0.05, 0.1) is 0 Å². The van der Waals surface area contributed by atoms with Crippen LogP contribution in [0.15, 0.2) is 51.1 Å². The largest absolute Gasteiger partial charge is 0.355 e. The fraction of sp³-hybridized carbons (Fsp3) is 0.412. The summed E-state index contributed by atoms with van der Waals surface area (Å²) in [6.07, 6.45) is 1.80. The molecule has 0 aromatic carbocycles. The van der Waals surface area contributed by atoms with Crippen LogP contribution in [0.4, 0.5) is 5.82 Å². The van der Waals surface area contributed by atoms with Crippen LogP contribution < -0.4 is 14.9 Å². The van der Waals surface area contributed by atoms with Crippen LogP contribution in [0.1, 0.15) is 0 Å². The first kappa shape index (κ1) is 22.8. The van der Waals surface area contributed by atoms with Crippen molar-refractivity contribution in [3.63, 3.8) is 0 Å². The Hall–Kier alpha value is -1.44. The molecule has 0 radical (unpaired) electrons. The molecule has 0 aliphatic carbocycles. The van der Waals surface area contributed by atoms with E-state index in [4.69, 9.17) is 0 Å². The summed E-state index contributed by atoms with van der Waals surface area (Å²) in [5, 5.41) is 4.98. The number of guanidine groups is 1. The number of nitrogens with one attached hydrogen (secondary N) is 2. The normalized spacial score (nSPS) is 15.2. The van der Waals surface area contributed by atoms with Gasteiger partial charge in [0.1, 0.15) is 10.0 Å². The number of aromatic nitrogens is 1. The minimum atomic E-state index is -3.42. The topological polar surface area (TPSA) is 89.9 Å². The predicted octanol–water partition coefficient (Wildman–Crippen LogP) is 1.44. The third-order valence-electron chi connectivity index (χ3n) is 4.22. The lowest BCUT2D eigenvalue weighted by Gasteiger charge is -2.37. The number of halogens is 1. The number of hydrogen-bond acceptors (Lipinski definition) is 6. The number of rotatable bonds is 6. The molecule has 1 fully saturated rings. The summed E-state index contributed by atoms with van der Waals surface area (Å²) < 4.78 is 27.1. The maximum Gasteiger partial charge on any atom is 0.250 e. The molecule has 1 aliphatic heterocycles. The zero-order valence-corrected chi connectivity index (χ0v) is 19.6. The van der Waals surface area contributed by atoms with Gasteiger partial charge in [-0.3, -0.25) is 4.99 Å². The van der Waals surface area contributed by atoms with E-state index in [2.05, 4.69) is 29.8 Å². The number of aliphatic imine (C=N–C) groups is 1. The Balaban J connectivity index is 0.00000280. The lowest BCUT2D eigenvalue weighted by atomic mass is 10.3. The third kappa shape index (κ3) is 6.03. The highest BCUT2D eigenvalue weighted by molar-refractivity contribution is 14.0. The van der Waals surface area contributed by atoms with Crippen LogP contribution in [0.25, 0.3) is 0 Å². The number of piperazine rings is 1. The van der Waals surface area contributed by atoms with Crippen LogP contribution in [0, 0.1) is 0 Å². The molecular weight excluding hydrogens is 511 g/mol. The quantitative estimate of drug-likeness (QED) is 0.252. The second kappa shape index (κ2) is 10.9. The average Bonchev–Trinajstić information content (AvgIpc) is 3.25. The van der Waals surface area contributed by atoms with Gasteiger partial charge in [0, 0.05) is 52.5 Å². The summed E-state index contributed by atoms with van der Waals surface area (Å²) in [7, 11) is -1.68. The van der Waals surface area contributed by atoms with Crippen molar-refractivity contribution >= 4 is 57.1 Å². The lowest BCUT2D eigenvalue weighted by Crippen LogP contribution is -2.53. The van der Waals surface area contributed by atoms with Crippen LogP contribution in [0.5, 0.6) is 0 Å². The highest BCUT2D eigenvalue weighted by Gasteiger charge is 2.20. The van der Waals surface area contributed by atoms with E-state index in [1.807, 2.05) is 18.2 Å². The molecule has 3 heterocycles. The molecule has 0 amide bonds. The summed E-state index contributed by atoms with van der Waals surface area (Å²) in [5.41, 5.74) is 0. The molecule has 0 unspecified atom stereocenters. The van der Waals surface area contributed by atoms with E-state index < -0.39 is 10.0 Å². The van der Waals surface area contributed by atoms with Crippen molar-refractivity contribution in [2.45, 2.75) is 4.21 Å². The molecule has 0 spiro atoms. The van der Waals surface area contributed by atoms with Gasteiger partial charge in [-0.15, -0.1) is 35.3 Å². The molecule has 8 nitrogen and oxygen atoms in total. The maximum absolute atomic E-state index is 12.1. The van der Waals surface area contributed by atoms with Gasteiger partial charge in [-0.25, -0.2) is 18.1 Å². The van der Waals surface area contributed by atoms with Crippen molar-refractivity contribution in [1.29, 1.82) is 0 Å². The zero-order valence-electron chi connectivity index (χ0n) is 15.6. The standard InChI is InChI=1S/C17H24N6O2S2.HI/c1-18-17(20-8-9-21-27(24,25)16-6-4-14-26-16)23-12-10-22(11-13-23)15-5-2-3-7-19-15;/h2-7,14,21H,8-13H2,1H3,(H,18,20);1H. The molecule has 2 aromatic rings. The van der Waals surface area contributed by atoms with Crippen molar-refractivity contribution < 1.29 is 8.42 Å². The molecule has 154 valence electrons. The first-order valence-corrected chi connectivity index (χ1v) is 11.1. The number of nitrogens with zero attached hydrogens (tertiary/aromatic N) is 4. The van der Waals surface area contributed by atoms with Crippen molar-refractivity contribution in [3.05, 3.63) is 41.9 Å². The Morgan fingerprint density at radius 1 is 1.18 bits per heavy atom. The second-order valence-corrected chi connectivity index (χ2v) is 8.91. The minimum absolute atomic E-state index is 0. The van der Waals surface area contributed by atoms with Gasteiger partial charge >= 0.3 is 0 Å². The van der Waals surface area contributed by atoms with Gasteiger partial charge in [-0.2, -0.15) is 0 Å². The molecule has 1 aliphatic rings. The monoisotopic (exact) mass is 536 g/mol. The fourth-order valence-electron chi connectivity index (χ4n) is 2.87. The summed E-state index contributed by atoms with van der Waals surface area (Å²) in [6, 6.07) is 9.25. The second-order valence-electron chi connectivity index (χ2n) is 5.97. The van der Waals surface area contributed by atoms with Gasteiger partial charge in [0.15, 0.2) is 5.96 Å². The Kier molecular flexibility index (Phi) is 8.92. The fourth-order valence-corrected chi connectivity index (χ4v) is 4.94. The van der Waals surface area contributed by atoms with Crippen LogP contribution in [-0.4, -0.2) is 70.6 Å². The van der Waals surface area contributed by atoms with E-state index in [0.717, 1.165) is 38.0 Å².